The number of fused-ring (bicyclic) bond motifs is 1. The molecule has 1 unspecified atom stereocenters. The molecule has 2 aromatic heterocycles. The molecule has 2 heterocycles. The average Bonchev–Trinajstić information content (AvgIpc) is 3.28. The van der Waals surface area contributed by atoms with E-state index in [0.717, 1.165) is 24.8 Å². The molecule has 0 fully saturated rings. The summed E-state index contributed by atoms with van der Waals surface area (Å²) in [5.41, 5.74) is 2.03. The second-order valence-electron chi connectivity index (χ2n) is 8.58. The Kier molecular flexibility index (Phi) is 6.58. The van der Waals surface area contributed by atoms with E-state index >= 15 is 0 Å². The average molecular weight is 430 g/mol. The van der Waals surface area contributed by atoms with Crippen molar-refractivity contribution < 1.29 is 14.7 Å². The van der Waals surface area contributed by atoms with E-state index in [4.69, 9.17) is 5.11 Å². The Labute approximate surface area is 179 Å². The first-order chi connectivity index (χ1) is 14.2. The first-order valence-electron chi connectivity index (χ1n) is 9.98. The second kappa shape index (κ2) is 8.98. The molecule has 3 rings (SSSR count). The summed E-state index contributed by atoms with van der Waals surface area (Å²) >= 11 is 1.50. The van der Waals surface area contributed by atoms with Crippen LogP contribution in [0.2, 0.25) is 0 Å². The molecule has 1 aliphatic carbocycles. The minimum absolute atomic E-state index is 0.0155. The van der Waals surface area contributed by atoms with Crippen LogP contribution in [-0.2, 0) is 24.2 Å². The third-order valence-corrected chi connectivity index (χ3v) is 6.61. The van der Waals surface area contributed by atoms with E-state index in [1.807, 2.05) is 0 Å². The van der Waals surface area contributed by atoms with Gasteiger partial charge in [0, 0.05) is 17.6 Å². The van der Waals surface area contributed by atoms with Gasteiger partial charge in [0.25, 0.3) is 5.91 Å². The molecule has 30 heavy (non-hydrogen) atoms. The zero-order valence-corrected chi connectivity index (χ0v) is 18.3. The van der Waals surface area contributed by atoms with Crippen molar-refractivity contribution in [2.75, 3.05) is 18.5 Å². The van der Waals surface area contributed by atoms with Crippen molar-refractivity contribution in [3.05, 3.63) is 34.2 Å². The number of carbonyl (C=O) groups is 2. The number of hydrogen-bond acceptors (Lipinski definition) is 6. The summed E-state index contributed by atoms with van der Waals surface area (Å²) in [6.07, 6.45) is 5.73. The molecular formula is C21H27N5O3S. The summed E-state index contributed by atoms with van der Waals surface area (Å²) in [4.78, 5) is 29.6. The largest absolute Gasteiger partial charge is 0.395 e. The van der Waals surface area contributed by atoms with Crippen LogP contribution in [0.5, 0.6) is 0 Å². The van der Waals surface area contributed by atoms with Crippen LogP contribution in [0.3, 0.4) is 0 Å². The number of imidazole rings is 1. The first-order valence-corrected chi connectivity index (χ1v) is 10.8. The number of aromatic nitrogens is 2. The topological polar surface area (TPSA) is 120 Å². The number of thiophene rings is 1. The van der Waals surface area contributed by atoms with Crippen molar-refractivity contribution in [3.8, 4) is 6.07 Å². The molecule has 0 saturated heterocycles. The highest BCUT2D eigenvalue weighted by molar-refractivity contribution is 7.16. The van der Waals surface area contributed by atoms with Gasteiger partial charge in [-0.3, -0.25) is 9.59 Å². The van der Waals surface area contributed by atoms with E-state index in [2.05, 4.69) is 42.5 Å². The summed E-state index contributed by atoms with van der Waals surface area (Å²) in [6.45, 7) is 6.70. The number of nitrogens with one attached hydrogen (secondary N) is 2. The zero-order chi connectivity index (χ0) is 21.9. The molecule has 1 atom stereocenters. The number of rotatable bonds is 6. The molecule has 9 heteroatoms. The van der Waals surface area contributed by atoms with Crippen molar-refractivity contribution in [2.24, 2.45) is 11.3 Å². The standard InChI is InChI=1S/C21H27N5O3S/c1-21(2,3)13-4-5-14-15(9-22)20(30-17(14)8-13)25-18(28)11-26-10-16(24-12-26)19(29)23-6-7-27/h10,12-13,27H,4-8,11H2,1-3H3,(H,23,29)(H,25,28). The Hall–Kier alpha value is -2.70. The maximum Gasteiger partial charge on any atom is 0.271 e. The van der Waals surface area contributed by atoms with Crippen LogP contribution in [0, 0.1) is 22.7 Å². The van der Waals surface area contributed by atoms with Gasteiger partial charge < -0.3 is 20.3 Å². The lowest BCUT2D eigenvalue weighted by molar-refractivity contribution is -0.116. The maximum atomic E-state index is 12.5. The van der Waals surface area contributed by atoms with Gasteiger partial charge in [-0.1, -0.05) is 20.8 Å². The van der Waals surface area contributed by atoms with Crippen LogP contribution < -0.4 is 10.6 Å². The minimum atomic E-state index is -0.408. The molecule has 0 radical (unpaired) electrons. The van der Waals surface area contributed by atoms with E-state index in [0.29, 0.717) is 16.5 Å². The van der Waals surface area contributed by atoms with Crippen molar-refractivity contribution in [1.29, 1.82) is 5.26 Å². The van der Waals surface area contributed by atoms with Gasteiger partial charge in [-0.05, 0) is 36.2 Å². The molecule has 0 spiro atoms. The number of aliphatic hydroxyl groups is 1. The van der Waals surface area contributed by atoms with Gasteiger partial charge in [-0.2, -0.15) is 5.26 Å². The summed E-state index contributed by atoms with van der Waals surface area (Å²) in [7, 11) is 0. The fraction of sp³-hybridized carbons (Fsp3) is 0.524. The number of nitriles is 1. The van der Waals surface area contributed by atoms with Crippen molar-refractivity contribution in [2.45, 2.75) is 46.6 Å². The molecule has 8 nitrogen and oxygen atoms in total. The monoisotopic (exact) mass is 429 g/mol. The van der Waals surface area contributed by atoms with Crippen LogP contribution >= 0.6 is 11.3 Å². The number of amides is 2. The lowest BCUT2D eigenvalue weighted by Crippen LogP contribution is -2.26. The van der Waals surface area contributed by atoms with Gasteiger partial charge in [0.05, 0.1) is 18.5 Å². The number of hydrogen-bond donors (Lipinski definition) is 3. The Bertz CT molecular complexity index is 980. The highest BCUT2D eigenvalue weighted by Crippen LogP contribution is 2.43. The van der Waals surface area contributed by atoms with E-state index in [1.54, 1.807) is 0 Å². The molecule has 0 aromatic carbocycles. The predicted octanol–water partition coefficient (Wildman–Crippen LogP) is 2.33. The third-order valence-electron chi connectivity index (χ3n) is 5.44. The summed E-state index contributed by atoms with van der Waals surface area (Å²) in [5.74, 6) is -0.133. The molecule has 2 aromatic rings. The summed E-state index contributed by atoms with van der Waals surface area (Å²) in [6, 6.07) is 2.27. The lowest BCUT2D eigenvalue weighted by Gasteiger charge is -2.33. The molecule has 0 aliphatic heterocycles. The minimum Gasteiger partial charge on any atom is -0.395 e. The van der Waals surface area contributed by atoms with Crippen molar-refractivity contribution in [1.82, 2.24) is 14.9 Å². The Balaban J connectivity index is 1.68. The molecule has 0 saturated carbocycles. The molecule has 160 valence electrons. The van der Waals surface area contributed by atoms with Gasteiger partial charge in [-0.25, -0.2) is 4.98 Å². The Morgan fingerprint density at radius 2 is 2.20 bits per heavy atom. The fourth-order valence-corrected chi connectivity index (χ4v) is 4.98. The number of aliphatic hydroxyl groups excluding tert-OH is 1. The number of anilines is 1. The molecule has 0 bridgehead atoms. The predicted molar refractivity (Wildman–Crippen MR) is 114 cm³/mol. The van der Waals surface area contributed by atoms with Gasteiger partial charge in [0.1, 0.15) is 23.3 Å². The van der Waals surface area contributed by atoms with Crippen LogP contribution in [0.4, 0.5) is 5.00 Å². The van der Waals surface area contributed by atoms with E-state index in [-0.39, 0.29) is 36.7 Å². The highest BCUT2D eigenvalue weighted by atomic mass is 32.1. The van der Waals surface area contributed by atoms with Crippen molar-refractivity contribution in [3.63, 3.8) is 0 Å². The summed E-state index contributed by atoms with van der Waals surface area (Å²) < 4.78 is 1.51. The fourth-order valence-electron chi connectivity index (χ4n) is 3.69. The van der Waals surface area contributed by atoms with E-state index < -0.39 is 5.91 Å². The SMILES string of the molecule is CC(C)(C)C1CCc2c(sc(NC(=O)Cn3cnc(C(=O)NCCO)c3)c2C#N)C1. The van der Waals surface area contributed by atoms with Crippen LogP contribution in [-0.4, -0.2) is 39.6 Å². The quantitative estimate of drug-likeness (QED) is 0.651. The summed E-state index contributed by atoms with van der Waals surface area (Å²) in [5, 5.41) is 24.4. The van der Waals surface area contributed by atoms with Gasteiger partial charge >= 0.3 is 0 Å². The molecule has 3 N–H and O–H groups in total. The maximum absolute atomic E-state index is 12.5. The molecule has 1 aliphatic rings. The Morgan fingerprint density at radius 3 is 2.87 bits per heavy atom. The van der Waals surface area contributed by atoms with E-state index in [9.17, 15) is 14.9 Å². The lowest BCUT2D eigenvalue weighted by atomic mass is 9.72. The van der Waals surface area contributed by atoms with Gasteiger partial charge in [0.2, 0.25) is 5.91 Å². The first kappa shape index (κ1) is 22.0. The van der Waals surface area contributed by atoms with Gasteiger partial charge in [0.15, 0.2) is 0 Å². The zero-order valence-electron chi connectivity index (χ0n) is 17.5. The van der Waals surface area contributed by atoms with Gasteiger partial charge in [-0.15, -0.1) is 11.3 Å². The second-order valence-corrected chi connectivity index (χ2v) is 9.69. The van der Waals surface area contributed by atoms with Crippen LogP contribution in [0.1, 0.15) is 53.7 Å². The molecule has 2 amide bonds. The Morgan fingerprint density at radius 1 is 1.43 bits per heavy atom. The van der Waals surface area contributed by atoms with Crippen LogP contribution in [0.15, 0.2) is 12.5 Å². The molecular weight excluding hydrogens is 402 g/mol. The highest BCUT2D eigenvalue weighted by Gasteiger charge is 2.32. The number of nitrogens with zero attached hydrogens (tertiary/aromatic N) is 3. The smallest absolute Gasteiger partial charge is 0.271 e. The van der Waals surface area contributed by atoms with Crippen molar-refractivity contribution >= 4 is 28.2 Å². The van der Waals surface area contributed by atoms with Crippen LogP contribution in [0.25, 0.3) is 0 Å². The third kappa shape index (κ3) is 4.89. The van der Waals surface area contributed by atoms with E-state index in [1.165, 1.54) is 33.3 Å². The normalized spacial score (nSPS) is 15.9. The number of carbonyl (C=O) groups excluding carboxylic acids is 2.